The van der Waals surface area contributed by atoms with Crippen LogP contribution in [0.25, 0.3) is 11.3 Å². The van der Waals surface area contributed by atoms with Crippen LogP contribution < -0.4 is 5.32 Å². The van der Waals surface area contributed by atoms with Crippen LogP contribution in [0.4, 0.5) is 14.5 Å². The molecule has 3 aromatic rings. The van der Waals surface area contributed by atoms with Crippen LogP contribution in [0.1, 0.15) is 5.56 Å². The second-order valence-corrected chi connectivity index (χ2v) is 4.64. The van der Waals surface area contributed by atoms with Gasteiger partial charge in [-0.2, -0.15) is 5.10 Å². The number of anilines is 1. The highest BCUT2D eigenvalue weighted by Crippen LogP contribution is 2.19. The zero-order chi connectivity index (χ0) is 14.7. The van der Waals surface area contributed by atoms with Crippen LogP contribution >= 0.6 is 0 Å². The Morgan fingerprint density at radius 1 is 1.00 bits per heavy atom. The van der Waals surface area contributed by atoms with Gasteiger partial charge in [0.15, 0.2) is 0 Å². The van der Waals surface area contributed by atoms with Crippen LogP contribution in [0.2, 0.25) is 0 Å². The van der Waals surface area contributed by atoms with Crippen LogP contribution in [-0.4, -0.2) is 10.2 Å². The van der Waals surface area contributed by atoms with Gasteiger partial charge in [0.25, 0.3) is 0 Å². The summed E-state index contributed by atoms with van der Waals surface area (Å²) in [6.07, 6.45) is 1.69. The number of H-pyrrole nitrogens is 1. The molecule has 0 amide bonds. The lowest BCUT2D eigenvalue weighted by Crippen LogP contribution is -2.02. The molecule has 5 heteroatoms. The molecule has 2 aromatic carbocycles. The summed E-state index contributed by atoms with van der Waals surface area (Å²) in [7, 11) is 0. The molecule has 0 saturated carbocycles. The highest BCUT2D eigenvalue weighted by atomic mass is 19.1. The number of aromatic amines is 1. The molecule has 1 aromatic heterocycles. The monoisotopic (exact) mass is 285 g/mol. The smallest absolute Gasteiger partial charge is 0.128 e. The summed E-state index contributed by atoms with van der Waals surface area (Å²) >= 11 is 0. The third kappa shape index (κ3) is 3.08. The molecule has 0 aliphatic carbocycles. The van der Waals surface area contributed by atoms with E-state index < -0.39 is 11.6 Å². The van der Waals surface area contributed by atoms with Crippen LogP contribution in [0.5, 0.6) is 0 Å². The zero-order valence-electron chi connectivity index (χ0n) is 11.1. The second-order valence-electron chi connectivity index (χ2n) is 4.64. The Labute approximate surface area is 120 Å². The molecular formula is C16H13F2N3. The fourth-order valence-corrected chi connectivity index (χ4v) is 2.06. The van der Waals surface area contributed by atoms with E-state index in [0.29, 0.717) is 5.56 Å². The zero-order valence-corrected chi connectivity index (χ0v) is 11.1. The highest BCUT2D eigenvalue weighted by Gasteiger charge is 2.04. The van der Waals surface area contributed by atoms with E-state index >= 15 is 0 Å². The molecule has 0 spiro atoms. The fraction of sp³-hybridized carbons (Fsp3) is 0.0625. The maximum atomic E-state index is 13.5. The van der Waals surface area contributed by atoms with Gasteiger partial charge in [-0.3, -0.25) is 5.10 Å². The minimum Gasteiger partial charge on any atom is -0.381 e. The standard InChI is InChI=1S/C16H13F2N3/c17-13-3-6-15(18)12(9-13)10-19-14-4-1-11(2-5-14)16-7-8-20-21-16/h1-9,19H,10H2,(H,20,21). The quantitative estimate of drug-likeness (QED) is 0.761. The van der Waals surface area contributed by atoms with Gasteiger partial charge in [-0.1, -0.05) is 12.1 Å². The first-order valence-corrected chi connectivity index (χ1v) is 6.50. The Bertz CT molecular complexity index is 722. The largest absolute Gasteiger partial charge is 0.381 e. The molecule has 0 aliphatic heterocycles. The van der Waals surface area contributed by atoms with Crippen molar-refractivity contribution in [3.05, 3.63) is 71.9 Å². The fourth-order valence-electron chi connectivity index (χ4n) is 2.06. The average Bonchev–Trinajstić information content (AvgIpc) is 3.03. The van der Waals surface area contributed by atoms with Crippen molar-refractivity contribution >= 4 is 5.69 Å². The molecule has 0 atom stereocenters. The number of halogens is 2. The molecule has 0 aliphatic rings. The van der Waals surface area contributed by atoms with E-state index in [9.17, 15) is 8.78 Å². The maximum Gasteiger partial charge on any atom is 0.128 e. The van der Waals surface area contributed by atoms with Gasteiger partial charge in [0.2, 0.25) is 0 Å². The molecule has 1 heterocycles. The van der Waals surface area contributed by atoms with Gasteiger partial charge in [0, 0.05) is 24.0 Å². The summed E-state index contributed by atoms with van der Waals surface area (Å²) in [4.78, 5) is 0. The molecule has 2 N–H and O–H groups in total. The molecular weight excluding hydrogens is 272 g/mol. The first-order valence-electron chi connectivity index (χ1n) is 6.50. The number of nitrogens with one attached hydrogen (secondary N) is 2. The van der Waals surface area contributed by atoms with Crippen LogP contribution in [0, 0.1) is 11.6 Å². The van der Waals surface area contributed by atoms with Gasteiger partial charge in [-0.25, -0.2) is 8.78 Å². The Balaban J connectivity index is 1.70. The third-order valence-corrected chi connectivity index (χ3v) is 3.19. The normalized spacial score (nSPS) is 10.6. The third-order valence-electron chi connectivity index (χ3n) is 3.19. The van der Waals surface area contributed by atoms with E-state index in [0.717, 1.165) is 29.1 Å². The van der Waals surface area contributed by atoms with Crippen molar-refractivity contribution in [2.45, 2.75) is 6.54 Å². The second kappa shape index (κ2) is 5.75. The Hall–Kier alpha value is -2.69. The molecule has 0 fully saturated rings. The minimum absolute atomic E-state index is 0.229. The molecule has 21 heavy (non-hydrogen) atoms. The van der Waals surface area contributed by atoms with Crippen molar-refractivity contribution in [1.29, 1.82) is 0 Å². The van der Waals surface area contributed by atoms with E-state index in [-0.39, 0.29) is 6.54 Å². The lowest BCUT2D eigenvalue weighted by molar-refractivity contribution is 0.587. The Morgan fingerprint density at radius 2 is 1.81 bits per heavy atom. The summed E-state index contributed by atoms with van der Waals surface area (Å²) in [5.41, 5.74) is 3.07. The van der Waals surface area contributed by atoms with Crippen molar-refractivity contribution in [2.24, 2.45) is 0 Å². The molecule has 0 unspecified atom stereocenters. The van der Waals surface area contributed by atoms with E-state index in [4.69, 9.17) is 0 Å². The first kappa shape index (κ1) is 13.3. The van der Waals surface area contributed by atoms with Crippen molar-refractivity contribution in [1.82, 2.24) is 10.2 Å². The molecule has 3 nitrogen and oxygen atoms in total. The van der Waals surface area contributed by atoms with Gasteiger partial charge < -0.3 is 5.32 Å². The van der Waals surface area contributed by atoms with E-state index in [2.05, 4.69) is 15.5 Å². The predicted octanol–water partition coefficient (Wildman–Crippen LogP) is 3.97. The summed E-state index contributed by atoms with van der Waals surface area (Å²) in [5, 5.41) is 9.85. The van der Waals surface area contributed by atoms with E-state index in [1.165, 1.54) is 6.07 Å². The number of aromatic nitrogens is 2. The average molecular weight is 285 g/mol. The SMILES string of the molecule is Fc1ccc(F)c(CNc2ccc(-c3ccn[nH]3)cc2)c1. The Morgan fingerprint density at radius 3 is 2.52 bits per heavy atom. The van der Waals surface area contributed by atoms with Gasteiger partial charge in [-0.05, 0) is 42.0 Å². The van der Waals surface area contributed by atoms with Gasteiger partial charge in [0.1, 0.15) is 11.6 Å². The van der Waals surface area contributed by atoms with Crippen molar-refractivity contribution < 1.29 is 8.78 Å². The highest BCUT2D eigenvalue weighted by molar-refractivity contribution is 5.62. The number of nitrogens with zero attached hydrogens (tertiary/aromatic N) is 1. The van der Waals surface area contributed by atoms with Crippen LogP contribution in [0.3, 0.4) is 0 Å². The molecule has 0 bridgehead atoms. The van der Waals surface area contributed by atoms with Gasteiger partial charge in [0.05, 0.1) is 5.69 Å². The number of hydrogen-bond donors (Lipinski definition) is 2. The van der Waals surface area contributed by atoms with Crippen molar-refractivity contribution in [3.8, 4) is 11.3 Å². The summed E-state index contributed by atoms with van der Waals surface area (Å²) < 4.78 is 26.6. The van der Waals surface area contributed by atoms with Crippen molar-refractivity contribution in [2.75, 3.05) is 5.32 Å². The maximum absolute atomic E-state index is 13.5. The summed E-state index contributed by atoms with van der Waals surface area (Å²) in [6.45, 7) is 0.229. The predicted molar refractivity (Wildman–Crippen MR) is 77.7 cm³/mol. The molecule has 0 radical (unpaired) electrons. The summed E-state index contributed by atoms with van der Waals surface area (Å²) in [6, 6.07) is 12.9. The number of rotatable bonds is 4. The molecule has 106 valence electrons. The van der Waals surface area contributed by atoms with Gasteiger partial charge in [-0.15, -0.1) is 0 Å². The number of benzene rings is 2. The van der Waals surface area contributed by atoms with E-state index in [1.807, 2.05) is 30.3 Å². The number of hydrogen-bond acceptors (Lipinski definition) is 2. The molecule has 0 saturated heterocycles. The van der Waals surface area contributed by atoms with Crippen LogP contribution in [0.15, 0.2) is 54.7 Å². The lowest BCUT2D eigenvalue weighted by atomic mass is 10.1. The minimum atomic E-state index is -0.442. The van der Waals surface area contributed by atoms with Crippen LogP contribution in [-0.2, 0) is 6.54 Å². The van der Waals surface area contributed by atoms with Crippen molar-refractivity contribution in [3.63, 3.8) is 0 Å². The summed E-state index contributed by atoms with van der Waals surface area (Å²) in [5.74, 6) is -0.860. The van der Waals surface area contributed by atoms with E-state index in [1.54, 1.807) is 6.20 Å². The Kier molecular flexibility index (Phi) is 3.64. The lowest BCUT2D eigenvalue weighted by Gasteiger charge is -2.08. The first-order chi connectivity index (χ1) is 10.2. The van der Waals surface area contributed by atoms with Gasteiger partial charge >= 0.3 is 0 Å². The molecule has 3 rings (SSSR count). The topological polar surface area (TPSA) is 40.7 Å².